The molecular weight excluding hydrogens is 240 g/mol. The second-order valence-electron chi connectivity index (χ2n) is 4.20. The summed E-state index contributed by atoms with van der Waals surface area (Å²) in [6.07, 6.45) is 2.37. The van der Waals surface area contributed by atoms with Crippen molar-refractivity contribution in [2.24, 2.45) is 0 Å². The highest BCUT2D eigenvalue weighted by Gasteiger charge is 2.21. The number of halogens is 1. The van der Waals surface area contributed by atoms with Gasteiger partial charge in [-0.2, -0.15) is 0 Å². The number of carbonyl (C=O) groups excluding carboxylic acids is 1. The van der Waals surface area contributed by atoms with E-state index >= 15 is 0 Å². The fourth-order valence-electron chi connectivity index (χ4n) is 1.91. The minimum Gasteiger partial charge on any atom is -0.347 e. The Morgan fingerprint density at radius 1 is 1.35 bits per heavy atom. The zero-order valence-electron chi connectivity index (χ0n) is 9.98. The summed E-state index contributed by atoms with van der Waals surface area (Å²) in [6.45, 7) is 3.82. The Hall–Kier alpha value is -1.36. The highest BCUT2D eigenvalue weighted by Crippen LogP contribution is 2.22. The van der Waals surface area contributed by atoms with Gasteiger partial charge in [-0.3, -0.25) is 4.79 Å². The highest BCUT2D eigenvalue weighted by atomic mass is 35.5. The van der Waals surface area contributed by atoms with Gasteiger partial charge in [0.05, 0.1) is 6.54 Å². The topological polar surface area (TPSA) is 49.3 Å². The van der Waals surface area contributed by atoms with Gasteiger partial charge < -0.3 is 9.80 Å². The average Bonchev–Trinajstić information content (AvgIpc) is 2.46. The van der Waals surface area contributed by atoms with Crippen LogP contribution >= 0.6 is 11.6 Å². The monoisotopic (exact) mass is 254 g/mol. The second kappa shape index (κ2) is 4.87. The van der Waals surface area contributed by atoms with E-state index in [0.29, 0.717) is 11.7 Å². The highest BCUT2D eigenvalue weighted by molar-refractivity contribution is 6.30. The number of rotatable bonds is 1. The molecule has 0 bridgehead atoms. The van der Waals surface area contributed by atoms with Gasteiger partial charge in [-0.15, -0.1) is 0 Å². The van der Waals surface area contributed by atoms with Crippen molar-refractivity contribution >= 4 is 23.3 Å². The summed E-state index contributed by atoms with van der Waals surface area (Å²) in [5.41, 5.74) is 0.825. The summed E-state index contributed by atoms with van der Waals surface area (Å²) in [4.78, 5) is 23.7. The van der Waals surface area contributed by atoms with Gasteiger partial charge >= 0.3 is 0 Å². The molecule has 5 nitrogen and oxygen atoms in total. The molecule has 1 aromatic rings. The van der Waals surface area contributed by atoms with Crippen LogP contribution in [0.3, 0.4) is 0 Å². The standard InChI is InChI=1S/C11H15ClN4O/c1-8-10(12)13-7-14-11(8)16-5-3-4-15(2)9(17)6-16/h7H,3-6H2,1-2H3. The fourth-order valence-corrected chi connectivity index (χ4v) is 2.03. The summed E-state index contributed by atoms with van der Waals surface area (Å²) in [5, 5.41) is 0.444. The third kappa shape index (κ3) is 2.49. The first-order chi connectivity index (χ1) is 8.09. The van der Waals surface area contributed by atoms with Crippen molar-refractivity contribution < 1.29 is 4.79 Å². The van der Waals surface area contributed by atoms with E-state index in [9.17, 15) is 4.79 Å². The molecule has 17 heavy (non-hydrogen) atoms. The Labute approximate surface area is 105 Å². The number of likely N-dealkylation sites (N-methyl/N-ethyl adjacent to an activating group) is 1. The van der Waals surface area contributed by atoms with Gasteiger partial charge in [-0.25, -0.2) is 9.97 Å². The van der Waals surface area contributed by atoms with Crippen molar-refractivity contribution in [1.29, 1.82) is 0 Å². The lowest BCUT2D eigenvalue weighted by molar-refractivity contribution is -0.127. The molecule has 1 aromatic heterocycles. The quantitative estimate of drug-likeness (QED) is 0.705. The van der Waals surface area contributed by atoms with E-state index in [0.717, 1.165) is 30.9 Å². The van der Waals surface area contributed by atoms with Crippen LogP contribution in [0.5, 0.6) is 0 Å². The lowest BCUT2D eigenvalue weighted by atomic mass is 10.3. The molecule has 0 atom stereocenters. The maximum Gasteiger partial charge on any atom is 0.241 e. The number of anilines is 1. The van der Waals surface area contributed by atoms with Crippen LogP contribution in [0, 0.1) is 6.92 Å². The van der Waals surface area contributed by atoms with E-state index in [1.54, 1.807) is 4.90 Å². The zero-order valence-corrected chi connectivity index (χ0v) is 10.7. The molecule has 1 fully saturated rings. The van der Waals surface area contributed by atoms with Crippen molar-refractivity contribution in [3.8, 4) is 0 Å². The van der Waals surface area contributed by atoms with Crippen LogP contribution < -0.4 is 4.90 Å². The number of nitrogens with zero attached hydrogens (tertiary/aromatic N) is 4. The molecule has 1 aliphatic rings. The molecule has 0 aliphatic carbocycles. The molecule has 0 radical (unpaired) electrons. The number of hydrogen-bond donors (Lipinski definition) is 0. The van der Waals surface area contributed by atoms with Crippen LogP contribution in [-0.4, -0.2) is 47.5 Å². The van der Waals surface area contributed by atoms with Gasteiger partial charge in [0.1, 0.15) is 17.3 Å². The van der Waals surface area contributed by atoms with Gasteiger partial charge in [0.25, 0.3) is 0 Å². The van der Waals surface area contributed by atoms with Crippen molar-refractivity contribution in [2.75, 3.05) is 31.6 Å². The molecule has 1 saturated heterocycles. The van der Waals surface area contributed by atoms with Crippen molar-refractivity contribution in [2.45, 2.75) is 13.3 Å². The van der Waals surface area contributed by atoms with Gasteiger partial charge in [0, 0.05) is 25.7 Å². The predicted octanol–water partition coefficient (Wildman–Crippen LogP) is 1.11. The van der Waals surface area contributed by atoms with E-state index < -0.39 is 0 Å². The molecule has 0 spiro atoms. The summed E-state index contributed by atoms with van der Waals surface area (Å²) in [7, 11) is 1.83. The lowest BCUT2D eigenvalue weighted by Gasteiger charge is -2.22. The number of hydrogen-bond acceptors (Lipinski definition) is 4. The Kier molecular flexibility index (Phi) is 3.47. The SMILES string of the molecule is Cc1c(Cl)ncnc1N1CCCN(C)C(=O)C1. The van der Waals surface area contributed by atoms with Gasteiger partial charge in [-0.1, -0.05) is 11.6 Å². The lowest BCUT2D eigenvalue weighted by Crippen LogP contribution is -2.35. The van der Waals surface area contributed by atoms with Crippen LogP contribution in [0.2, 0.25) is 5.15 Å². The minimum atomic E-state index is 0.108. The molecule has 0 saturated carbocycles. The van der Waals surface area contributed by atoms with Crippen LogP contribution in [0.1, 0.15) is 12.0 Å². The van der Waals surface area contributed by atoms with E-state index in [1.807, 2.05) is 18.9 Å². The molecule has 0 unspecified atom stereocenters. The van der Waals surface area contributed by atoms with Crippen LogP contribution in [0.25, 0.3) is 0 Å². The summed E-state index contributed by atoms with van der Waals surface area (Å²) in [6, 6.07) is 0. The molecule has 92 valence electrons. The maximum absolute atomic E-state index is 11.8. The smallest absolute Gasteiger partial charge is 0.241 e. The maximum atomic E-state index is 11.8. The molecule has 2 heterocycles. The molecule has 1 amide bonds. The Morgan fingerprint density at radius 2 is 2.12 bits per heavy atom. The molecule has 1 aliphatic heterocycles. The Balaban J connectivity index is 2.27. The van der Waals surface area contributed by atoms with Gasteiger partial charge in [-0.05, 0) is 13.3 Å². The first-order valence-electron chi connectivity index (χ1n) is 5.55. The van der Waals surface area contributed by atoms with Crippen molar-refractivity contribution in [3.63, 3.8) is 0 Å². The van der Waals surface area contributed by atoms with E-state index in [-0.39, 0.29) is 5.91 Å². The van der Waals surface area contributed by atoms with Gasteiger partial charge in [0.2, 0.25) is 5.91 Å². The van der Waals surface area contributed by atoms with Crippen molar-refractivity contribution in [1.82, 2.24) is 14.9 Å². The summed E-state index contributed by atoms with van der Waals surface area (Å²) >= 11 is 5.97. The fraction of sp³-hybridized carbons (Fsp3) is 0.545. The Morgan fingerprint density at radius 3 is 2.88 bits per heavy atom. The number of carbonyl (C=O) groups is 1. The number of amides is 1. The molecular formula is C11H15ClN4O. The first-order valence-corrected chi connectivity index (χ1v) is 5.93. The van der Waals surface area contributed by atoms with Crippen molar-refractivity contribution in [3.05, 3.63) is 17.0 Å². The minimum absolute atomic E-state index is 0.108. The van der Waals surface area contributed by atoms with Crippen LogP contribution in [0.15, 0.2) is 6.33 Å². The normalized spacial score (nSPS) is 17.2. The zero-order chi connectivity index (χ0) is 12.4. The summed E-state index contributed by atoms with van der Waals surface area (Å²) in [5.74, 6) is 0.866. The Bertz CT molecular complexity index is 437. The van der Waals surface area contributed by atoms with Gasteiger partial charge in [0.15, 0.2) is 0 Å². The average molecular weight is 255 g/mol. The number of aromatic nitrogens is 2. The third-order valence-corrected chi connectivity index (χ3v) is 3.35. The first kappa shape index (κ1) is 12.1. The second-order valence-corrected chi connectivity index (χ2v) is 4.56. The third-order valence-electron chi connectivity index (χ3n) is 2.97. The molecule has 0 N–H and O–H groups in total. The van der Waals surface area contributed by atoms with E-state index in [4.69, 9.17) is 11.6 Å². The predicted molar refractivity (Wildman–Crippen MR) is 66.2 cm³/mol. The largest absolute Gasteiger partial charge is 0.347 e. The summed E-state index contributed by atoms with van der Waals surface area (Å²) < 4.78 is 0. The van der Waals surface area contributed by atoms with E-state index in [2.05, 4.69) is 9.97 Å². The molecule has 2 rings (SSSR count). The van der Waals surface area contributed by atoms with Crippen LogP contribution in [-0.2, 0) is 4.79 Å². The van der Waals surface area contributed by atoms with Crippen LogP contribution in [0.4, 0.5) is 5.82 Å². The molecule has 6 heteroatoms. The molecule has 0 aromatic carbocycles. The van der Waals surface area contributed by atoms with E-state index in [1.165, 1.54) is 6.33 Å².